The van der Waals surface area contributed by atoms with E-state index in [0.29, 0.717) is 12.5 Å². The summed E-state index contributed by atoms with van der Waals surface area (Å²) in [6.45, 7) is 9.64. The molecule has 1 amide bonds. The number of rotatable bonds is 11. The first-order valence-electron chi connectivity index (χ1n) is 10.7. The van der Waals surface area contributed by atoms with Gasteiger partial charge in [-0.25, -0.2) is 13.6 Å². The molecule has 0 aliphatic heterocycles. The van der Waals surface area contributed by atoms with E-state index < -0.39 is 52.5 Å². The van der Waals surface area contributed by atoms with Crippen LogP contribution in [0, 0.1) is 17.0 Å². The third kappa shape index (κ3) is 8.41. The summed E-state index contributed by atoms with van der Waals surface area (Å²) in [6.07, 6.45) is 0.503. The van der Waals surface area contributed by atoms with E-state index in [1.54, 1.807) is 21.0 Å². The van der Waals surface area contributed by atoms with Crippen LogP contribution >= 0.6 is 0 Å². The molecule has 0 aromatic heterocycles. The average molecular weight is 463 g/mol. The molecule has 0 bridgehead atoms. The minimum atomic E-state index is -1.42. The van der Waals surface area contributed by atoms with Gasteiger partial charge in [0, 0.05) is 18.6 Å². The monoisotopic (exact) mass is 463 g/mol. The van der Waals surface area contributed by atoms with E-state index >= 15 is 0 Å². The molecule has 0 saturated heterocycles. The van der Waals surface area contributed by atoms with Crippen molar-refractivity contribution in [2.75, 3.05) is 13.7 Å². The molecule has 0 fully saturated rings. The molecule has 1 atom stereocenters. The molecule has 0 N–H and O–H groups in total. The number of hydroxylamine groups is 2. The lowest BCUT2D eigenvalue weighted by molar-refractivity contribution is -0.222. The number of amides is 1. The van der Waals surface area contributed by atoms with Crippen molar-refractivity contribution < 1.29 is 32.7 Å². The quantitative estimate of drug-likeness (QED) is 0.368. The van der Waals surface area contributed by atoms with Gasteiger partial charge in [-0.1, -0.05) is 26.0 Å². The number of hydrogen-bond acceptors (Lipinski definition) is 5. The Bertz CT molecular complexity index is 813. The van der Waals surface area contributed by atoms with Gasteiger partial charge in [-0.15, -0.1) is 0 Å². The number of carbonyl (C=O) groups is 2. The van der Waals surface area contributed by atoms with E-state index in [1.165, 1.54) is 13.8 Å². The van der Waals surface area contributed by atoms with Gasteiger partial charge in [-0.3, -0.25) is 4.79 Å². The zero-order valence-corrected chi connectivity index (χ0v) is 20.5. The summed E-state index contributed by atoms with van der Waals surface area (Å²) >= 11 is 0. The maximum Gasteiger partial charge on any atom is 0.363 e. The molecule has 0 heterocycles. The van der Waals surface area contributed by atoms with Crippen molar-refractivity contribution in [3.8, 4) is 0 Å². The minimum Gasteiger partial charge on any atom is -0.379 e. The summed E-state index contributed by atoms with van der Waals surface area (Å²) in [5.74, 6) is -3.94. The van der Waals surface area contributed by atoms with Crippen LogP contribution in [-0.2, 0) is 30.4 Å². The number of ether oxygens (including phenoxy) is 2. The number of hydrogen-bond donors (Lipinski definition) is 0. The van der Waals surface area contributed by atoms with E-state index in [-0.39, 0.29) is 18.5 Å². The highest BCUT2D eigenvalue weighted by molar-refractivity contribution is 6.20. The lowest BCUT2D eigenvalue weighted by Crippen LogP contribution is -2.48. The highest BCUT2D eigenvalue weighted by Gasteiger charge is 2.40. The van der Waals surface area contributed by atoms with Crippen LogP contribution in [0.25, 0.3) is 0 Å². The summed E-state index contributed by atoms with van der Waals surface area (Å²) in [6, 6.07) is 2.79. The first-order valence-corrected chi connectivity index (χ1v) is 10.7. The second kappa shape index (κ2) is 11.5. The molecule has 4 radical (unpaired) electrons. The fourth-order valence-electron chi connectivity index (χ4n) is 2.71. The summed E-state index contributed by atoms with van der Waals surface area (Å²) in [5, 5.41) is 0.746. The Labute approximate surface area is 198 Å². The van der Waals surface area contributed by atoms with Crippen molar-refractivity contribution in [2.24, 2.45) is 5.41 Å². The summed E-state index contributed by atoms with van der Waals surface area (Å²) in [4.78, 5) is 31.6. The molecule has 0 aliphatic carbocycles. The average Bonchev–Trinajstić information content (AvgIpc) is 2.70. The lowest BCUT2D eigenvalue weighted by atomic mass is 9.61. The van der Waals surface area contributed by atoms with Crippen LogP contribution in [-0.4, -0.2) is 57.6 Å². The van der Waals surface area contributed by atoms with Crippen molar-refractivity contribution in [2.45, 2.75) is 77.8 Å². The van der Waals surface area contributed by atoms with Gasteiger partial charge < -0.3 is 14.3 Å². The van der Waals surface area contributed by atoms with Crippen molar-refractivity contribution in [1.82, 2.24) is 5.06 Å². The maximum absolute atomic E-state index is 13.7. The van der Waals surface area contributed by atoms with Crippen LogP contribution in [0.3, 0.4) is 0 Å². The van der Waals surface area contributed by atoms with Gasteiger partial charge in [-0.2, -0.15) is 5.06 Å². The number of carbonyl (C=O) groups excluding carboxylic acids is 2. The predicted octanol–water partition coefficient (Wildman–Crippen LogP) is 3.93. The van der Waals surface area contributed by atoms with E-state index in [9.17, 15) is 18.4 Å². The molecule has 10 heteroatoms. The molecule has 0 aliphatic rings. The summed E-state index contributed by atoms with van der Waals surface area (Å²) in [5.41, 5.74) is -3.01. The van der Waals surface area contributed by atoms with Gasteiger partial charge in [0.2, 0.25) is 0 Å². The first kappa shape index (κ1) is 29.1. The number of methoxy groups -OCH3 is 1. The standard InChI is InChI=1S/C23H33B2F2NO5/c1-21(2,31-7)8-9-32-23(5,6)20(30)33-28(19(29)22(3,4)18(25)13-24)14-15-10-16(26)12-17(27)11-15/h10-12,18H,8-9,13-14H2,1-7H3. The van der Waals surface area contributed by atoms with Crippen molar-refractivity contribution in [3.63, 3.8) is 0 Å². The highest BCUT2D eigenvalue weighted by atomic mass is 19.1. The molecule has 1 aromatic carbocycles. The van der Waals surface area contributed by atoms with E-state index in [1.807, 2.05) is 13.8 Å². The Balaban J connectivity index is 3.12. The van der Waals surface area contributed by atoms with E-state index in [0.717, 1.165) is 17.2 Å². The minimum absolute atomic E-state index is 0.000983. The molecule has 1 aromatic rings. The van der Waals surface area contributed by atoms with E-state index in [4.69, 9.17) is 30.0 Å². The van der Waals surface area contributed by atoms with Gasteiger partial charge in [0.1, 0.15) is 11.6 Å². The normalized spacial score (nSPS) is 13.5. The largest absolute Gasteiger partial charge is 0.379 e. The molecule has 33 heavy (non-hydrogen) atoms. The van der Waals surface area contributed by atoms with Gasteiger partial charge in [0.15, 0.2) is 5.60 Å². The zero-order chi connectivity index (χ0) is 25.6. The van der Waals surface area contributed by atoms with E-state index in [2.05, 4.69) is 0 Å². The molecule has 0 saturated carbocycles. The van der Waals surface area contributed by atoms with Crippen LogP contribution in [0.2, 0.25) is 12.1 Å². The first-order chi connectivity index (χ1) is 15.1. The predicted molar refractivity (Wildman–Crippen MR) is 123 cm³/mol. The van der Waals surface area contributed by atoms with Crippen molar-refractivity contribution >= 4 is 27.6 Å². The Morgan fingerprint density at radius 1 is 1.06 bits per heavy atom. The summed E-state index contributed by atoms with van der Waals surface area (Å²) in [7, 11) is 13.2. The molecule has 180 valence electrons. The number of halogens is 2. The van der Waals surface area contributed by atoms with Crippen molar-refractivity contribution in [1.29, 1.82) is 0 Å². The second-order valence-electron chi connectivity index (χ2n) is 9.63. The fourth-order valence-corrected chi connectivity index (χ4v) is 2.71. The molecular weight excluding hydrogens is 430 g/mol. The smallest absolute Gasteiger partial charge is 0.363 e. The molecule has 6 nitrogen and oxygen atoms in total. The van der Waals surface area contributed by atoms with Crippen LogP contribution in [0.1, 0.15) is 53.5 Å². The van der Waals surface area contributed by atoms with Gasteiger partial charge >= 0.3 is 5.97 Å². The number of benzene rings is 1. The lowest BCUT2D eigenvalue weighted by Gasteiger charge is -2.36. The molecule has 0 spiro atoms. The topological polar surface area (TPSA) is 65.1 Å². The summed E-state index contributed by atoms with van der Waals surface area (Å²) < 4.78 is 38.4. The van der Waals surface area contributed by atoms with Gasteiger partial charge in [0.25, 0.3) is 5.91 Å². The van der Waals surface area contributed by atoms with Gasteiger partial charge in [-0.05, 0) is 51.8 Å². The van der Waals surface area contributed by atoms with Crippen LogP contribution in [0.4, 0.5) is 8.78 Å². The Morgan fingerprint density at radius 3 is 2.09 bits per heavy atom. The zero-order valence-electron chi connectivity index (χ0n) is 20.5. The third-order valence-electron chi connectivity index (χ3n) is 5.61. The fraction of sp³-hybridized carbons (Fsp3) is 0.652. The van der Waals surface area contributed by atoms with Crippen molar-refractivity contribution in [3.05, 3.63) is 35.4 Å². The molecule has 1 rings (SSSR count). The van der Waals surface area contributed by atoms with Crippen LogP contribution in [0.15, 0.2) is 18.2 Å². The van der Waals surface area contributed by atoms with Gasteiger partial charge in [0.05, 0.1) is 34.4 Å². The SMILES string of the molecule is [B]CC([B])C(C)(C)C(=O)N(Cc1cc(F)cc(F)c1)OC(=O)C(C)(C)OCCC(C)(C)OC. The Morgan fingerprint density at radius 2 is 1.61 bits per heavy atom. The maximum atomic E-state index is 13.7. The Hall–Kier alpha value is -1.93. The second-order valence-corrected chi connectivity index (χ2v) is 9.63. The molecular formula is C23H33B2F2NO5. The van der Waals surface area contributed by atoms with Crippen LogP contribution in [0.5, 0.6) is 0 Å². The number of nitrogens with zero attached hydrogens (tertiary/aromatic N) is 1. The molecule has 1 unspecified atom stereocenters. The third-order valence-corrected chi connectivity index (χ3v) is 5.61. The Kier molecular flexibility index (Phi) is 10.1. The van der Waals surface area contributed by atoms with Crippen LogP contribution < -0.4 is 0 Å². The highest BCUT2D eigenvalue weighted by Crippen LogP contribution is 2.35.